The second kappa shape index (κ2) is 49.4. The Balaban J connectivity index is 4.52. The van der Waals surface area contributed by atoms with E-state index in [0.29, 0.717) is 12.8 Å². The van der Waals surface area contributed by atoms with Crippen LogP contribution in [0.3, 0.4) is 0 Å². The van der Waals surface area contributed by atoms with Crippen molar-refractivity contribution in [2.75, 3.05) is 6.61 Å². The fourth-order valence-corrected chi connectivity index (χ4v) is 8.40. The first-order valence-electron chi connectivity index (χ1n) is 27.1. The molecule has 3 N–H and O–H groups in total. The summed E-state index contributed by atoms with van der Waals surface area (Å²) in [6.45, 7) is 6.47. The van der Waals surface area contributed by atoms with Crippen LogP contribution in [-0.2, 0) is 14.3 Å². The Morgan fingerprint density at radius 2 is 0.869 bits per heavy atom. The number of aliphatic hydroxyl groups is 2. The van der Waals surface area contributed by atoms with Gasteiger partial charge in [-0.1, -0.05) is 264 Å². The molecule has 61 heavy (non-hydrogen) atoms. The summed E-state index contributed by atoms with van der Waals surface area (Å²) in [5.41, 5.74) is 0. The van der Waals surface area contributed by atoms with Gasteiger partial charge in [0, 0.05) is 6.42 Å². The molecule has 0 saturated carbocycles. The summed E-state index contributed by atoms with van der Waals surface area (Å²) < 4.78 is 5.84. The van der Waals surface area contributed by atoms with Gasteiger partial charge in [-0.25, -0.2) is 0 Å². The third-order valence-electron chi connectivity index (χ3n) is 12.5. The molecule has 0 fully saturated rings. The van der Waals surface area contributed by atoms with Crippen LogP contribution < -0.4 is 5.32 Å². The Morgan fingerprint density at radius 1 is 0.492 bits per heavy atom. The minimum absolute atomic E-state index is 0.0230. The van der Waals surface area contributed by atoms with Gasteiger partial charge >= 0.3 is 5.97 Å². The molecular formula is C55H105NO5. The number of aliphatic hydroxyl groups excluding tert-OH is 2. The molecule has 0 aliphatic carbocycles. The highest BCUT2D eigenvalue weighted by Crippen LogP contribution is 2.17. The minimum atomic E-state index is -0.806. The summed E-state index contributed by atoms with van der Waals surface area (Å²) in [5, 5.41) is 23.7. The molecule has 0 saturated heterocycles. The third-order valence-corrected chi connectivity index (χ3v) is 12.5. The summed E-state index contributed by atoms with van der Waals surface area (Å²) in [4.78, 5) is 26.1. The number of carbonyl (C=O) groups is 2. The Kier molecular flexibility index (Phi) is 48.0. The zero-order valence-electron chi connectivity index (χ0n) is 41.1. The third kappa shape index (κ3) is 44.7. The summed E-state index contributed by atoms with van der Waals surface area (Å²) in [5.74, 6) is -0.587. The molecule has 6 nitrogen and oxygen atoms in total. The quantitative estimate of drug-likeness (QED) is 0.0322. The number of amides is 1. The highest BCUT2D eigenvalue weighted by Gasteiger charge is 2.23. The summed E-state index contributed by atoms with van der Waals surface area (Å²) in [7, 11) is 0. The monoisotopic (exact) mass is 860 g/mol. The van der Waals surface area contributed by atoms with Gasteiger partial charge in [-0.15, -0.1) is 0 Å². The van der Waals surface area contributed by atoms with Crippen LogP contribution in [0.4, 0.5) is 0 Å². The van der Waals surface area contributed by atoms with Gasteiger partial charge < -0.3 is 20.3 Å². The molecule has 3 atom stereocenters. The lowest BCUT2D eigenvalue weighted by molar-refractivity contribution is -0.148. The van der Waals surface area contributed by atoms with E-state index in [4.69, 9.17) is 4.74 Å². The van der Waals surface area contributed by atoms with Crippen LogP contribution in [-0.4, -0.2) is 46.9 Å². The largest absolute Gasteiger partial charge is 0.458 e. The lowest BCUT2D eigenvalue weighted by atomic mass is 10.0. The van der Waals surface area contributed by atoms with Gasteiger partial charge in [0.15, 0.2) is 0 Å². The van der Waals surface area contributed by atoms with Crippen LogP contribution in [0.1, 0.15) is 290 Å². The van der Waals surface area contributed by atoms with Gasteiger partial charge in [0.1, 0.15) is 6.10 Å². The number of esters is 1. The molecule has 0 aliphatic heterocycles. The van der Waals surface area contributed by atoms with E-state index in [9.17, 15) is 19.8 Å². The molecular weight excluding hydrogens is 755 g/mol. The van der Waals surface area contributed by atoms with E-state index < -0.39 is 18.2 Å². The Bertz CT molecular complexity index is 966. The second-order valence-electron chi connectivity index (χ2n) is 18.6. The zero-order chi connectivity index (χ0) is 44.5. The lowest BCUT2D eigenvalue weighted by Crippen LogP contribution is -2.46. The van der Waals surface area contributed by atoms with Gasteiger partial charge in [-0.05, 0) is 38.2 Å². The fourth-order valence-electron chi connectivity index (χ4n) is 8.40. The smallest absolute Gasteiger partial charge is 0.306 e. The molecule has 360 valence electrons. The summed E-state index contributed by atoms with van der Waals surface area (Å²) in [6.07, 6.45) is 57.0. The topological polar surface area (TPSA) is 95.9 Å². The standard InChI is InChI=1S/C55H105NO5/c1-4-7-10-13-16-19-22-24-26-27-28-30-33-36-39-42-45-48-55(60)61-51(46-43-40-37-34-31-21-18-15-12-9-6-3)49-54(59)56-52(50-57)53(58)47-44-41-38-35-32-29-25-23-20-17-14-11-8-5-2/h34,37,43,46,51-53,57-58H,4-33,35-36,38-42,44-45,47-50H2,1-3H3,(H,56,59)/b37-34-,46-43+. The Morgan fingerprint density at radius 3 is 1.28 bits per heavy atom. The van der Waals surface area contributed by atoms with Gasteiger partial charge in [0.05, 0.1) is 25.2 Å². The predicted octanol–water partition coefficient (Wildman–Crippen LogP) is 16.3. The average molecular weight is 860 g/mol. The first kappa shape index (κ1) is 59.3. The van der Waals surface area contributed by atoms with E-state index in [-0.39, 0.29) is 24.9 Å². The molecule has 0 bridgehead atoms. The molecule has 0 aromatic heterocycles. The molecule has 0 spiro atoms. The van der Waals surface area contributed by atoms with Crippen molar-refractivity contribution in [3.63, 3.8) is 0 Å². The SMILES string of the molecule is CCCCCCCC/C=C\C/C=C/C(CC(=O)NC(CO)C(O)CCCCCCCCCCCCCCCC)OC(=O)CCCCCCCCCCCCCCCCCCC. The van der Waals surface area contributed by atoms with E-state index >= 15 is 0 Å². The van der Waals surface area contributed by atoms with Gasteiger partial charge in [-0.2, -0.15) is 0 Å². The highest BCUT2D eigenvalue weighted by atomic mass is 16.5. The van der Waals surface area contributed by atoms with Crippen LogP contribution in [0.5, 0.6) is 0 Å². The first-order chi connectivity index (χ1) is 30.0. The van der Waals surface area contributed by atoms with Crippen LogP contribution in [0.25, 0.3) is 0 Å². The molecule has 0 aromatic rings. The number of allylic oxidation sites excluding steroid dienone is 3. The van der Waals surface area contributed by atoms with Gasteiger partial charge in [0.25, 0.3) is 0 Å². The van der Waals surface area contributed by atoms with Gasteiger partial charge in [0.2, 0.25) is 5.91 Å². The summed E-state index contributed by atoms with van der Waals surface area (Å²) >= 11 is 0. The average Bonchev–Trinajstić information content (AvgIpc) is 3.25. The molecule has 0 rings (SSSR count). The molecule has 0 heterocycles. The van der Waals surface area contributed by atoms with Crippen molar-refractivity contribution < 1.29 is 24.5 Å². The van der Waals surface area contributed by atoms with Crippen molar-refractivity contribution in [1.82, 2.24) is 5.32 Å². The molecule has 6 heteroatoms. The minimum Gasteiger partial charge on any atom is -0.458 e. The fraction of sp³-hybridized carbons (Fsp3) is 0.891. The van der Waals surface area contributed by atoms with Crippen molar-refractivity contribution in [1.29, 1.82) is 0 Å². The molecule has 0 radical (unpaired) electrons. The predicted molar refractivity (Wildman–Crippen MR) is 264 cm³/mol. The second-order valence-corrected chi connectivity index (χ2v) is 18.6. The first-order valence-corrected chi connectivity index (χ1v) is 27.1. The molecule has 0 aliphatic rings. The Labute approximate surface area is 380 Å². The number of carbonyl (C=O) groups excluding carboxylic acids is 2. The van der Waals surface area contributed by atoms with E-state index in [0.717, 1.165) is 51.4 Å². The number of ether oxygens (including phenoxy) is 1. The van der Waals surface area contributed by atoms with Gasteiger partial charge in [-0.3, -0.25) is 9.59 Å². The van der Waals surface area contributed by atoms with E-state index in [1.165, 1.54) is 199 Å². The van der Waals surface area contributed by atoms with Crippen molar-refractivity contribution in [3.8, 4) is 0 Å². The molecule has 1 amide bonds. The summed E-state index contributed by atoms with van der Waals surface area (Å²) in [6, 6.07) is -0.727. The van der Waals surface area contributed by atoms with Crippen molar-refractivity contribution in [2.24, 2.45) is 0 Å². The Hall–Kier alpha value is -1.66. The maximum atomic E-state index is 13.2. The maximum absolute atomic E-state index is 13.2. The van der Waals surface area contributed by atoms with Crippen LogP contribution in [0.15, 0.2) is 24.3 Å². The van der Waals surface area contributed by atoms with Crippen molar-refractivity contribution in [2.45, 2.75) is 309 Å². The zero-order valence-corrected chi connectivity index (χ0v) is 41.1. The van der Waals surface area contributed by atoms with Crippen LogP contribution in [0, 0.1) is 0 Å². The number of nitrogens with one attached hydrogen (secondary N) is 1. The normalized spacial score (nSPS) is 13.3. The van der Waals surface area contributed by atoms with Crippen LogP contribution in [0.2, 0.25) is 0 Å². The van der Waals surface area contributed by atoms with Crippen molar-refractivity contribution >= 4 is 11.9 Å². The number of hydrogen-bond donors (Lipinski definition) is 3. The highest BCUT2D eigenvalue weighted by molar-refractivity contribution is 5.78. The van der Waals surface area contributed by atoms with E-state index in [1.807, 2.05) is 12.2 Å². The van der Waals surface area contributed by atoms with E-state index in [2.05, 4.69) is 38.2 Å². The maximum Gasteiger partial charge on any atom is 0.306 e. The lowest BCUT2D eigenvalue weighted by Gasteiger charge is -2.23. The number of hydrogen-bond acceptors (Lipinski definition) is 5. The number of rotatable bonds is 49. The van der Waals surface area contributed by atoms with E-state index in [1.54, 1.807) is 0 Å². The van der Waals surface area contributed by atoms with Crippen LogP contribution >= 0.6 is 0 Å². The molecule has 3 unspecified atom stereocenters. The molecule has 0 aromatic carbocycles. The van der Waals surface area contributed by atoms with Crippen molar-refractivity contribution in [3.05, 3.63) is 24.3 Å². The number of unbranched alkanes of at least 4 members (excludes halogenated alkanes) is 35.